The van der Waals surface area contributed by atoms with E-state index < -0.39 is 5.41 Å². The van der Waals surface area contributed by atoms with Crippen molar-refractivity contribution in [3.05, 3.63) is 235 Å². The molecule has 1 heterocycles. The zero-order chi connectivity index (χ0) is 36.3. The van der Waals surface area contributed by atoms with Crippen molar-refractivity contribution in [1.29, 1.82) is 0 Å². The molecule has 11 rings (SSSR count). The van der Waals surface area contributed by atoms with Gasteiger partial charge in [0.15, 0.2) is 0 Å². The highest BCUT2D eigenvalue weighted by atomic mass is 32.1. The molecule has 0 amide bonds. The second kappa shape index (κ2) is 12.7. The summed E-state index contributed by atoms with van der Waals surface area (Å²) in [6, 6.07) is 78.3. The zero-order valence-electron chi connectivity index (χ0n) is 30.1. The number of anilines is 3. The first kappa shape index (κ1) is 31.8. The normalized spacial score (nSPS) is 12.9. The zero-order valence-corrected chi connectivity index (χ0v) is 30.9. The minimum Gasteiger partial charge on any atom is -0.310 e. The lowest BCUT2D eigenvalue weighted by atomic mass is 9.67. The van der Waals surface area contributed by atoms with Crippen LogP contribution < -0.4 is 4.90 Å². The van der Waals surface area contributed by atoms with Gasteiger partial charge in [-0.25, -0.2) is 0 Å². The van der Waals surface area contributed by atoms with Gasteiger partial charge in [0.25, 0.3) is 0 Å². The summed E-state index contributed by atoms with van der Waals surface area (Å²) in [6.07, 6.45) is 0. The minimum absolute atomic E-state index is 0.536. The van der Waals surface area contributed by atoms with Crippen molar-refractivity contribution < 1.29 is 0 Å². The lowest BCUT2D eigenvalue weighted by Crippen LogP contribution is -2.29. The first-order chi connectivity index (χ1) is 27.3. The number of hydrogen-bond donors (Lipinski definition) is 0. The summed E-state index contributed by atoms with van der Waals surface area (Å²) in [7, 11) is 0. The average Bonchev–Trinajstić information content (AvgIpc) is 3.79. The second-order valence-corrected chi connectivity index (χ2v) is 15.5. The Balaban J connectivity index is 1.13. The molecule has 0 saturated carbocycles. The lowest BCUT2D eigenvalue weighted by molar-refractivity contribution is 0.777. The van der Waals surface area contributed by atoms with E-state index >= 15 is 0 Å². The van der Waals surface area contributed by atoms with Crippen LogP contribution in [0.2, 0.25) is 0 Å². The monoisotopic (exact) mass is 717 g/mol. The van der Waals surface area contributed by atoms with E-state index in [1.54, 1.807) is 0 Å². The van der Waals surface area contributed by atoms with E-state index in [0.29, 0.717) is 0 Å². The van der Waals surface area contributed by atoms with Gasteiger partial charge >= 0.3 is 0 Å². The molecule has 0 N–H and O–H groups in total. The number of para-hydroxylation sites is 1. The van der Waals surface area contributed by atoms with Gasteiger partial charge in [-0.05, 0) is 104 Å². The second-order valence-electron chi connectivity index (χ2n) is 14.5. The van der Waals surface area contributed by atoms with Crippen LogP contribution in [0.3, 0.4) is 0 Å². The van der Waals surface area contributed by atoms with Gasteiger partial charge in [0.1, 0.15) is 0 Å². The third-order valence-corrected chi connectivity index (χ3v) is 12.7. The Hall–Kier alpha value is -6.74. The molecule has 2 heteroatoms. The third-order valence-electron chi connectivity index (χ3n) is 11.5. The smallest absolute Gasteiger partial charge is 0.0728 e. The largest absolute Gasteiger partial charge is 0.310 e. The summed E-state index contributed by atoms with van der Waals surface area (Å²) in [6.45, 7) is 0. The summed E-state index contributed by atoms with van der Waals surface area (Å²) >= 11 is 1.91. The highest BCUT2D eigenvalue weighted by molar-refractivity contribution is 7.26. The van der Waals surface area contributed by atoms with Gasteiger partial charge in [0.05, 0.1) is 5.41 Å². The molecule has 0 radical (unpaired) electrons. The fourth-order valence-corrected chi connectivity index (χ4v) is 10.4. The van der Waals surface area contributed by atoms with Gasteiger partial charge in [-0.1, -0.05) is 164 Å². The standard InChI is InChI=1S/C53H35NS/c1-2-17-41(18-3-1)54(42-32-30-37(31-33-42)39-29-28-36-14-4-5-15-38(36)34-39)43-19-12-16-40(35-43)53(48-24-9-6-20-44(48)45-21-7-10-25-49(45)53)50-26-13-23-47-46-22-8-11-27-51(46)55-52(47)50/h1-35H. The Labute approximate surface area is 325 Å². The van der Waals surface area contributed by atoms with Crippen LogP contribution in [0.15, 0.2) is 212 Å². The number of rotatable bonds is 6. The van der Waals surface area contributed by atoms with E-state index in [9.17, 15) is 0 Å². The maximum Gasteiger partial charge on any atom is 0.0728 e. The van der Waals surface area contributed by atoms with Crippen LogP contribution in [0.5, 0.6) is 0 Å². The number of nitrogens with zero attached hydrogens (tertiary/aromatic N) is 1. The van der Waals surface area contributed by atoms with Crippen molar-refractivity contribution in [3.8, 4) is 22.3 Å². The van der Waals surface area contributed by atoms with Crippen LogP contribution in [0.25, 0.3) is 53.2 Å². The quantitative estimate of drug-likeness (QED) is 0.166. The van der Waals surface area contributed by atoms with Crippen molar-refractivity contribution in [2.24, 2.45) is 0 Å². The Morgan fingerprint density at radius 2 is 0.945 bits per heavy atom. The van der Waals surface area contributed by atoms with E-state index in [-0.39, 0.29) is 0 Å². The molecule has 0 spiro atoms. The number of hydrogen-bond acceptors (Lipinski definition) is 2. The van der Waals surface area contributed by atoms with Crippen molar-refractivity contribution in [1.82, 2.24) is 0 Å². The van der Waals surface area contributed by atoms with E-state index in [0.717, 1.165) is 17.1 Å². The minimum atomic E-state index is -0.536. The van der Waals surface area contributed by atoms with Crippen molar-refractivity contribution >= 4 is 59.3 Å². The Morgan fingerprint density at radius 3 is 1.75 bits per heavy atom. The van der Waals surface area contributed by atoms with Crippen molar-refractivity contribution in [2.45, 2.75) is 5.41 Å². The highest BCUT2D eigenvalue weighted by Gasteiger charge is 2.47. The number of fused-ring (bicyclic) bond motifs is 7. The third kappa shape index (κ3) is 4.92. The molecule has 0 saturated heterocycles. The summed E-state index contributed by atoms with van der Waals surface area (Å²) in [5.74, 6) is 0. The molecular formula is C53H35NS. The van der Waals surface area contributed by atoms with Gasteiger partial charge in [-0.2, -0.15) is 0 Å². The van der Waals surface area contributed by atoms with Crippen LogP contribution in [0.4, 0.5) is 17.1 Å². The molecule has 0 bridgehead atoms. The Kier molecular flexibility index (Phi) is 7.33. The maximum atomic E-state index is 2.44. The predicted octanol–water partition coefficient (Wildman–Crippen LogP) is 14.7. The van der Waals surface area contributed by atoms with Crippen LogP contribution in [0, 0.1) is 0 Å². The predicted molar refractivity (Wildman–Crippen MR) is 234 cm³/mol. The molecule has 1 aliphatic carbocycles. The summed E-state index contributed by atoms with van der Waals surface area (Å²) < 4.78 is 2.65. The maximum absolute atomic E-state index is 2.44. The molecule has 1 aromatic heterocycles. The van der Waals surface area contributed by atoms with Gasteiger partial charge < -0.3 is 4.90 Å². The summed E-state index contributed by atoms with van der Waals surface area (Å²) in [5.41, 5.74) is 13.0. The molecule has 9 aromatic carbocycles. The van der Waals surface area contributed by atoms with Crippen LogP contribution in [0.1, 0.15) is 22.3 Å². The van der Waals surface area contributed by atoms with Crippen LogP contribution in [-0.4, -0.2) is 0 Å². The first-order valence-electron chi connectivity index (χ1n) is 18.9. The van der Waals surface area contributed by atoms with Gasteiger partial charge in [-0.15, -0.1) is 11.3 Å². The molecule has 10 aromatic rings. The van der Waals surface area contributed by atoms with E-state index in [1.165, 1.54) is 75.5 Å². The molecule has 258 valence electrons. The van der Waals surface area contributed by atoms with E-state index in [4.69, 9.17) is 0 Å². The molecule has 1 nitrogen and oxygen atoms in total. The molecule has 0 atom stereocenters. The number of benzene rings is 9. The fraction of sp³-hybridized carbons (Fsp3) is 0.0189. The van der Waals surface area contributed by atoms with Crippen molar-refractivity contribution in [2.75, 3.05) is 4.90 Å². The fourth-order valence-electron chi connectivity index (χ4n) is 9.11. The highest BCUT2D eigenvalue weighted by Crippen LogP contribution is 2.58. The molecule has 0 fully saturated rings. The molecular weight excluding hydrogens is 683 g/mol. The molecule has 0 unspecified atom stereocenters. The average molecular weight is 718 g/mol. The first-order valence-corrected chi connectivity index (χ1v) is 19.7. The van der Waals surface area contributed by atoms with E-state index in [2.05, 4.69) is 217 Å². The Morgan fingerprint density at radius 1 is 0.364 bits per heavy atom. The van der Waals surface area contributed by atoms with Crippen molar-refractivity contribution in [3.63, 3.8) is 0 Å². The van der Waals surface area contributed by atoms with Gasteiger partial charge in [-0.3, -0.25) is 0 Å². The molecule has 1 aliphatic rings. The van der Waals surface area contributed by atoms with Gasteiger partial charge in [0.2, 0.25) is 0 Å². The SMILES string of the molecule is c1ccc(N(c2ccc(-c3ccc4ccccc4c3)cc2)c2cccc(C3(c4cccc5c4sc4ccccc45)c4ccccc4-c4ccccc43)c2)cc1. The molecule has 0 aliphatic heterocycles. The Bertz CT molecular complexity index is 3000. The summed E-state index contributed by atoms with van der Waals surface area (Å²) in [5, 5.41) is 5.14. The van der Waals surface area contributed by atoms with Gasteiger partial charge in [0, 0.05) is 37.2 Å². The molecule has 55 heavy (non-hydrogen) atoms. The summed E-state index contributed by atoms with van der Waals surface area (Å²) in [4.78, 5) is 2.40. The number of thiophene rings is 1. The lowest BCUT2D eigenvalue weighted by Gasteiger charge is -2.35. The van der Waals surface area contributed by atoms with Crippen LogP contribution >= 0.6 is 11.3 Å². The van der Waals surface area contributed by atoms with Crippen LogP contribution in [-0.2, 0) is 5.41 Å². The topological polar surface area (TPSA) is 3.24 Å². The van der Waals surface area contributed by atoms with E-state index in [1.807, 2.05) is 11.3 Å².